The number of methoxy groups -OCH3 is 1. The number of pyridine rings is 1. The molecule has 3 aliphatic rings. The second-order valence-electron chi connectivity index (χ2n) is 8.99. The molecule has 0 saturated carbocycles. The van der Waals surface area contributed by atoms with Crippen molar-refractivity contribution in [3.05, 3.63) is 89.8 Å². The molecule has 2 unspecified atom stereocenters. The standard InChI is InChI=1S/C28H26N2O3/c1-32-21-12-13-27(29-16-21)18-14-19-10-11-20(15-18)30(19)28(31)33-17-26-24-8-4-2-6-22(24)23-7-3-5-9-25(23)26/h2-9,12-14,16,19-20,26H,10-11,15,17H2,1H3. The lowest BCUT2D eigenvalue weighted by molar-refractivity contribution is 0.0866. The highest BCUT2D eigenvalue weighted by atomic mass is 16.6. The number of hydrogen-bond donors (Lipinski definition) is 0. The van der Waals surface area contributed by atoms with Crippen LogP contribution in [0.1, 0.15) is 42.0 Å². The molecule has 1 aliphatic carbocycles. The zero-order valence-electron chi connectivity index (χ0n) is 18.6. The average Bonchev–Trinajstić information content (AvgIpc) is 3.33. The van der Waals surface area contributed by atoms with Crippen LogP contribution in [0, 0.1) is 0 Å². The Labute approximate surface area is 193 Å². The zero-order valence-corrected chi connectivity index (χ0v) is 18.6. The maximum Gasteiger partial charge on any atom is 0.410 e. The maximum atomic E-state index is 13.2. The predicted molar refractivity (Wildman–Crippen MR) is 127 cm³/mol. The van der Waals surface area contributed by atoms with E-state index in [1.807, 2.05) is 17.0 Å². The molecular weight excluding hydrogens is 412 g/mol. The molecule has 2 aromatic carbocycles. The first kappa shape index (κ1) is 20.0. The Morgan fingerprint density at radius 1 is 1.00 bits per heavy atom. The number of benzene rings is 2. The van der Waals surface area contributed by atoms with E-state index in [4.69, 9.17) is 9.47 Å². The highest BCUT2D eigenvalue weighted by molar-refractivity contribution is 5.79. The summed E-state index contributed by atoms with van der Waals surface area (Å²) in [6.07, 6.45) is 6.50. The van der Waals surface area contributed by atoms with Crippen molar-refractivity contribution in [1.29, 1.82) is 0 Å². The van der Waals surface area contributed by atoms with Gasteiger partial charge in [-0.3, -0.25) is 9.88 Å². The predicted octanol–water partition coefficient (Wildman–Crippen LogP) is 5.66. The minimum Gasteiger partial charge on any atom is -0.495 e. The van der Waals surface area contributed by atoms with Gasteiger partial charge in [-0.15, -0.1) is 0 Å². The lowest BCUT2D eigenvalue weighted by Gasteiger charge is -2.33. The van der Waals surface area contributed by atoms with Crippen LogP contribution in [0.15, 0.2) is 72.9 Å². The van der Waals surface area contributed by atoms with Crippen molar-refractivity contribution >= 4 is 11.7 Å². The summed E-state index contributed by atoms with van der Waals surface area (Å²) in [4.78, 5) is 19.7. The number of aromatic nitrogens is 1. The molecule has 3 heterocycles. The fraction of sp³-hybridized carbons (Fsp3) is 0.286. The monoisotopic (exact) mass is 438 g/mol. The van der Waals surface area contributed by atoms with Crippen molar-refractivity contribution in [1.82, 2.24) is 9.88 Å². The fourth-order valence-corrected chi connectivity index (χ4v) is 5.66. The first-order valence-electron chi connectivity index (χ1n) is 11.6. The molecule has 1 amide bonds. The maximum absolute atomic E-state index is 13.2. The van der Waals surface area contributed by atoms with Crippen molar-refractivity contribution in [2.24, 2.45) is 0 Å². The van der Waals surface area contributed by atoms with Gasteiger partial charge in [-0.05, 0) is 59.2 Å². The Kier molecular flexibility index (Phi) is 4.90. The van der Waals surface area contributed by atoms with Gasteiger partial charge in [0.05, 0.1) is 25.0 Å². The molecule has 0 N–H and O–H groups in total. The summed E-state index contributed by atoms with van der Waals surface area (Å²) >= 11 is 0. The van der Waals surface area contributed by atoms with Gasteiger partial charge in [0.1, 0.15) is 12.4 Å². The SMILES string of the molecule is COc1ccc(C2=CC3CCC(C2)N3C(=O)OCC2c3ccccc3-c3ccccc32)nc1. The van der Waals surface area contributed by atoms with E-state index < -0.39 is 0 Å². The molecule has 1 aromatic heterocycles. The first-order valence-corrected chi connectivity index (χ1v) is 11.6. The van der Waals surface area contributed by atoms with Gasteiger partial charge in [-0.1, -0.05) is 54.6 Å². The molecule has 1 fully saturated rings. The van der Waals surface area contributed by atoms with Crippen LogP contribution in [0.2, 0.25) is 0 Å². The third-order valence-electron chi connectivity index (χ3n) is 7.24. The van der Waals surface area contributed by atoms with Crippen LogP contribution in [0.5, 0.6) is 5.75 Å². The normalized spacial score (nSPS) is 20.8. The molecule has 6 rings (SSSR count). The Bertz CT molecular complexity index is 1190. The molecule has 5 heteroatoms. The molecule has 2 bridgehead atoms. The van der Waals surface area contributed by atoms with Gasteiger partial charge in [0, 0.05) is 12.0 Å². The highest BCUT2D eigenvalue weighted by Crippen LogP contribution is 2.45. The van der Waals surface area contributed by atoms with Crippen LogP contribution in [0.25, 0.3) is 16.7 Å². The third-order valence-corrected chi connectivity index (χ3v) is 7.24. The van der Waals surface area contributed by atoms with Gasteiger partial charge < -0.3 is 9.47 Å². The smallest absolute Gasteiger partial charge is 0.410 e. The Hall–Kier alpha value is -3.60. The summed E-state index contributed by atoms with van der Waals surface area (Å²) in [7, 11) is 1.64. The van der Waals surface area contributed by atoms with Gasteiger partial charge >= 0.3 is 6.09 Å². The number of hydrogen-bond acceptors (Lipinski definition) is 4. The average molecular weight is 439 g/mol. The van der Waals surface area contributed by atoms with E-state index in [2.05, 4.69) is 59.6 Å². The topological polar surface area (TPSA) is 51.7 Å². The van der Waals surface area contributed by atoms with Gasteiger partial charge in [0.2, 0.25) is 0 Å². The van der Waals surface area contributed by atoms with Crippen LogP contribution in [-0.4, -0.2) is 41.8 Å². The number of rotatable bonds is 4. The molecule has 0 spiro atoms. The van der Waals surface area contributed by atoms with E-state index in [1.165, 1.54) is 27.8 Å². The number of fused-ring (bicyclic) bond motifs is 5. The number of carbonyl (C=O) groups excluding carboxylic acids is 1. The summed E-state index contributed by atoms with van der Waals surface area (Å²) in [5, 5.41) is 0. The minimum atomic E-state index is -0.206. The quantitative estimate of drug-likeness (QED) is 0.527. The van der Waals surface area contributed by atoms with Gasteiger partial charge in [-0.25, -0.2) is 4.79 Å². The first-order chi connectivity index (χ1) is 16.2. The fourth-order valence-electron chi connectivity index (χ4n) is 5.66. The Balaban J connectivity index is 1.19. The molecule has 0 radical (unpaired) electrons. The second-order valence-corrected chi connectivity index (χ2v) is 8.99. The molecular formula is C28H26N2O3. The van der Waals surface area contributed by atoms with E-state index in [9.17, 15) is 4.79 Å². The van der Waals surface area contributed by atoms with Crippen LogP contribution >= 0.6 is 0 Å². The molecule has 1 saturated heterocycles. The van der Waals surface area contributed by atoms with Crippen molar-refractivity contribution in [2.45, 2.75) is 37.3 Å². The lowest BCUT2D eigenvalue weighted by atomic mass is 9.98. The largest absolute Gasteiger partial charge is 0.495 e. The summed E-state index contributed by atoms with van der Waals surface area (Å²) in [5.41, 5.74) is 7.12. The van der Waals surface area contributed by atoms with E-state index in [0.29, 0.717) is 6.61 Å². The van der Waals surface area contributed by atoms with E-state index in [-0.39, 0.29) is 24.1 Å². The number of ether oxygens (including phenoxy) is 2. The highest BCUT2D eigenvalue weighted by Gasteiger charge is 2.41. The van der Waals surface area contributed by atoms with Crippen LogP contribution in [-0.2, 0) is 4.74 Å². The van der Waals surface area contributed by atoms with Crippen LogP contribution in [0.3, 0.4) is 0 Å². The summed E-state index contributed by atoms with van der Waals surface area (Å²) in [6, 6.07) is 21.0. The molecule has 5 nitrogen and oxygen atoms in total. The number of carbonyl (C=O) groups is 1. The summed E-state index contributed by atoms with van der Waals surface area (Å²) < 4.78 is 11.2. The van der Waals surface area contributed by atoms with Crippen molar-refractivity contribution < 1.29 is 14.3 Å². The Morgan fingerprint density at radius 3 is 2.36 bits per heavy atom. The molecule has 3 aromatic rings. The summed E-state index contributed by atoms with van der Waals surface area (Å²) in [6.45, 7) is 0.361. The number of amides is 1. The van der Waals surface area contributed by atoms with Crippen molar-refractivity contribution in [2.75, 3.05) is 13.7 Å². The minimum absolute atomic E-state index is 0.0679. The molecule has 166 valence electrons. The number of nitrogens with zero attached hydrogens (tertiary/aromatic N) is 2. The van der Waals surface area contributed by atoms with Gasteiger partial charge in [-0.2, -0.15) is 0 Å². The van der Waals surface area contributed by atoms with Crippen LogP contribution in [0.4, 0.5) is 4.79 Å². The van der Waals surface area contributed by atoms with Gasteiger partial charge in [0.15, 0.2) is 0 Å². The molecule has 2 atom stereocenters. The van der Waals surface area contributed by atoms with E-state index >= 15 is 0 Å². The van der Waals surface area contributed by atoms with E-state index in [0.717, 1.165) is 30.7 Å². The Morgan fingerprint density at radius 2 is 1.73 bits per heavy atom. The van der Waals surface area contributed by atoms with E-state index in [1.54, 1.807) is 13.3 Å². The van der Waals surface area contributed by atoms with Crippen molar-refractivity contribution in [3.8, 4) is 16.9 Å². The molecule has 2 aliphatic heterocycles. The second kappa shape index (κ2) is 8.07. The lowest BCUT2D eigenvalue weighted by Crippen LogP contribution is -2.43. The summed E-state index contributed by atoms with van der Waals surface area (Å²) in [5.74, 6) is 0.830. The zero-order chi connectivity index (χ0) is 22.4. The van der Waals surface area contributed by atoms with Gasteiger partial charge in [0.25, 0.3) is 0 Å². The third kappa shape index (κ3) is 3.39. The van der Waals surface area contributed by atoms with Crippen LogP contribution < -0.4 is 4.74 Å². The molecule has 33 heavy (non-hydrogen) atoms. The van der Waals surface area contributed by atoms with Crippen molar-refractivity contribution in [3.63, 3.8) is 0 Å².